The van der Waals surface area contributed by atoms with Crippen LogP contribution in [0.25, 0.3) is 0 Å². The zero-order valence-electron chi connectivity index (χ0n) is 17.3. The Morgan fingerprint density at radius 2 is 1.52 bits per heavy atom. The average Bonchev–Trinajstić information content (AvgIpc) is 2.51. The van der Waals surface area contributed by atoms with Crippen LogP contribution in [-0.2, 0) is 9.53 Å². The molecule has 5 nitrogen and oxygen atoms in total. The lowest BCUT2D eigenvalue weighted by molar-refractivity contribution is -0.130. The van der Waals surface area contributed by atoms with E-state index < -0.39 is 5.60 Å². The topological polar surface area (TPSA) is 58.6 Å². The van der Waals surface area contributed by atoms with Crippen molar-refractivity contribution in [2.75, 3.05) is 13.1 Å². The SMILES string of the molecule is CC(C)(C)OC(=O)N1CCC(NC(=O)CC23CC4CC(CC(C4)C2)C3)CC1. The molecule has 0 atom stereocenters. The molecule has 5 heteroatoms. The number of carbonyl (C=O) groups excluding carboxylic acids is 2. The molecule has 0 spiro atoms. The van der Waals surface area contributed by atoms with Gasteiger partial charge in [-0.1, -0.05) is 0 Å². The van der Waals surface area contributed by atoms with E-state index in [1.807, 2.05) is 20.8 Å². The minimum absolute atomic E-state index is 0.199. The van der Waals surface area contributed by atoms with Crippen LogP contribution in [-0.4, -0.2) is 41.6 Å². The molecule has 5 aliphatic rings. The van der Waals surface area contributed by atoms with Crippen LogP contribution < -0.4 is 5.32 Å². The van der Waals surface area contributed by atoms with E-state index in [4.69, 9.17) is 4.74 Å². The average molecular weight is 377 g/mol. The minimum Gasteiger partial charge on any atom is -0.444 e. The van der Waals surface area contributed by atoms with Gasteiger partial charge in [0.05, 0.1) is 0 Å². The highest BCUT2D eigenvalue weighted by atomic mass is 16.6. The Balaban J connectivity index is 1.24. The summed E-state index contributed by atoms with van der Waals surface area (Å²) in [5, 5.41) is 3.28. The molecule has 1 aliphatic heterocycles. The van der Waals surface area contributed by atoms with Crippen LogP contribution in [0.3, 0.4) is 0 Å². The summed E-state index contributed by atoms with van der Waals surface area (Å²) in [6.45, 7) is 7.00. The third-order valence-corrected chi connectivity index (χ3v) is 7.21. The standard InChI is InChI=1S/C22H36N2O3/c1-21(2,3)27-20(26)24-6-4-18(5-7-24)23-19(25)14-22-11-15-8-16(12-22)10-17(9-15)13-22/h15-18H,4-14H2,1-3H3,(H,23,25). The lowest BCUT2D eigenvalue weighted by atomic mass is 9.49. The van der Waals surface area contributed by atoms with Crippen molar-refractivity contribution in [3.8, 4) is 0 Å². The Kier molecular flexibility index (Phi) is 4.92. The largest absolute Gasteiger partial charge is 0.444 e. The third kappa shape index (κ3) is 4.43. The first kappa shape index (κ1) is 19.1. The number of rotatable bonds is 3. The molecule has 0 radical (unpaired) electrons. The summed E-state index contributed by atoms with van der Waals surface area (Å²) in [5.41, 5.74) is -0.157. The Morgan fingerprint density at radius 1 is 1.00 bits per heavy atom. The van der Waals surface area contributed by atoms with Gasteiger partial charge in [0, 0.05) is 25.6 Å². The van der Waals surface area contributed by atoms with Crippen molar-refractivity contribution < 1.29 is 14.3 Å². The lowest BCUT2D eigenvalue weighted by Gasteiger charge is -2.56. The molecule has 0 unspecified atom stereocenters. The number of nitrogens with one attached hydrogen (secondary N) is 1. The van der Waals surface area contributed by atoms with Crippen LogP contribution in [0.2, 0.25) is 0 Å². The molecule has 2 amide bonds. The van der Waals surface area contributed by atoms with E-state index in [9.17, 15) is 9.59 Å². The van der Waals surface area contributed by atoms with Gasteiger partial charge in [0.2, 0.25) is 5.91 Å². The van der Waals surface area contributed by atoms with Crippen molar-refractivity contribution >= 4 is 12.0 Å². The summed E-state index contributed by atoms with van der Waals surface area (Å²) < 4.78 is 5.45. The second kappa shape index (κ2) is 6.97. The zero-order chi connectivity index (χ0) is 19.2. The predicted octanol–water partition coefficient (Wildman–Crippen LogP) is 4.11. The van der Waals surface area contributed by atoms with Crippen LogP contribution in [0.1, 0.15) is 78.6 Å². The summed E-state index contributed by atoms with van der Waals surface area (Å²) in [6.07, 6.45) is 10.2. The summed E-state index contributed by atoms with van der Waals surface area (Å²) in [6, 6.07) is 0.199. The lowest BCUT2D eigenvalue weighted by Crippen LogP contribution is -2.50. The van der Waals surface area contributed by atoms with E-state index in [0.29, 0.717) is 18.5 Å². The Morgan fingerprint density at radius 3 is 2.00 bits per heavy atom. The van der Waals surface area contributed by atoms with Crippen molar-refractivity contribution in [2.24, 2.45) is 23.2 Å². The van der Waals surface area contributed by atoms with Crippen molar-refractivity contribution in [2.45, 2.75) is 90.2 Å². The van der Waals surface area contributed by atoms with Gasteiger partial charge in [-0.25, -0.2) is 4.79 Å². The van der Waals surface area contributed by atoms with Gasteiger partial charge in [0.1, 0.15) is 5.60 Å². The molecule has 0 aromatic carbocycles. The number of nitrogens with zero attached hydrogens (tertiary/aromatic N) is 1. The fraction of sp³-hybridized carbons (Fsp3) is 0.909. The molecule has 1 N–H and O–H groups in total. The number of hydrogen-bond donors (Lipinski definition) is 1. The number of piperidine rings is 1. The van der Waals surface area contributed by atoms with Crippen LogP contribution in [0, 0.1) is 23.2 Å². The molecular weight excluding hydrogens is 340 g/mol. The van der Waals surface area contributed by atoms with Gasteiger partial charge in [0.15, 0.2) is 0 Å². The Hall–Kier alpha value is -1.26. The molecule has 5 fully saturated rings. The van der Waals surface area contributed by atoms with Crippen LogP contribution in [0.5, 0.6) is 0 Å². The first-order valence-electron chi connectivity index (χ1n) is 11.0. The zero-order valence-corrected chi connectivity index (χ0v) is 17.3. The van der Waals surface area contributed by atoms with Crippen molar-refractivity contribution in [3.05, 3.63) is 0 Å². The van der Waals surface area contributed by atoms with Gasteiger partial charge < -0.3 is 15.0 Å². The maximum atomic E-state index is 12.8. The molecular formula is C22H36N2O3. The molecule has 0 aromatic heterocycles. The van der Waals surface area contributed by atoms with Gasteiger partial charge in [-0.05, 0) is 95.3 Å². The van der Waals surface area contributed by atoms with Crippen molar-refractivity contribution in [3.63, 3.8) is 0 Å². The Labute approximate surface area is 163 Å². The second-order valence-electron chi connectivity index (χ2n) is 10.9. The summed E-state index contributed by atoms with van der Waals surface area (Å²) in [5.74, 6) is 2.91. The highest BCUT2D eigenvalue weighted by Crippen LogP contribution is 2.61. The minimum atomic E-state index is -0.458. The smallest absolute Gasteiger partial charge is 0.410 e. The molecule has 4 aliphatic carbocycles. The molecule has 1 heterocycles. The van der Waals surface area contributed by atoms with E-state index >= 15 is 0 Å². The van der Waals surface area contributed by atoms with Gasteiger partial charge in [0.25, 0.3) is 0 Å². The summed E-state index contributed by atoms with van der Waals surface area (Å²) in [7, 11) is 0. The number of ether oxygens (including phenoxy) is 1. The molecule has 5 rings (SSSR count). The molecule has 0 aromatic rings. The van der Waals surface area contributed by atoms with Crippen LogP contribution in [0.15, 0.2) is 0 Å². The van der Waals surface area contributed by atoms with E-state index in [2.05, 4.69) is 5.32 Å². The highest BCUT2D eigenvalue weighted by Gasteiger charge is 2.51. The van der Waals surface area contributed by atoms with Crippen molar-refractivity contribution in [1.82, 2.24) is 10.2 Å². The number of hydrogen-bond acceptors (Lipinski definition) is 3. The molecule has 1 saturated heterocycles. The second-order valence-corrected chi connectivity index (χ2v) is 10.9. The number of carbonyl (C=O) groups is 2. The molecule has 152 valence electrons. The van der Waals surface area contributed by atoms with Gasteiger partial charge in [-0.2, -0.15) is 0 Å². The van der Waals surface area contributed by atoms with E-state index in [-0.39, 0.29) is 18.0 Å². The predicted molar refractivity (Wildman–Crippen MR) is 104 cm³/mol. The number of likely N-dealkylation sites (tertiary alicyclic amines) is 1. The van der Waals surface area contributed by atoms with Gasteiger partial charge in [-0.15, -0.1) is 0 Å². The van der Waals surface area contributed by atoms with Crippen molar-refractivity contribution in [1.29, 1.82) is 0 Å². The highest BCUT2D eigenvalue weighted by molar-refractivity contribution is 5.77. The molecule has 4 saturated carbocycles. The van der Waals surface area contributed by atoms with Gasteiger partial charge in [-0.3, -0.25) is 4.79 Å². The van der Waals surface area contributed by atoms with E-state index in [0.717, 1.165) is 37.0 Å². The molecule has 27 heavy (non-hydrogen) atoms. The summed E-state index contributed by atoms with van der Waals surface area (Å²) in [4.78, 5) is 26.7. The maximum Gasteiger partial charge on any atom is 0.410 e. The fourth-order valence-corrected chi connectivity index (χ4v) is 6.66. The van der Waals surface area contributed by atoms with E-state index in [1.54, 1.807) is 4.90 Å². The molecule has 4 bridgehead atoms. The maximum absolute atomic E-state index is 12.8. The summed E-state index contributed by atoms with van der Waals surface area (Å²) >= 11 is 0. The first-order chi connectivity index (χ1) is 12.7. The van der Waals surface area contributed by atoms with Gasteiger partial charge >= 0.3 is 6.09 Å². The van der Waals surface area contributed by atoms with Crippen LogP contribution >= 0.6 is 0 Å². The normalized spacial score (nSPS) is 36.0. The first-order valence-corrected chi connectivity index (χ1v) is 11.0. The fourth-order valence-electron chi connectivity index (χ4n) is 6.66. The van der Waals surface area contributed by atoms with Crippen LogP contribution in [0.4, 0.5) is 4.79 Å². The third-order valence-electron chi connectivity index (χ3n) is 7.21. The quantitative estimate of drug-likeness (QED) is 0.806. The number of amides is 2. The van der Waals surface area contributed by atoms with E-state index in [1.165, 1.54) is 38.5 Å². The monoisotopic (exact) mass is 376 g/mol. The Bertz CT molecular complexity index is 552.